The summed E-state index contributed by atoms with van der Waals surface area (Å²) in [6, 6.07) is 10.6. The monoisotopic (exact) mass is 381 g/mol. The number of carbonyl (C=O) groups excluding carboxylic acids is 1. The van der Waals surface area contributed by atoms with Crippen LogP contribution in [0.3, 0.4) is 0 Å². The third kappa shape index (κ3) is 4.18. The topological polar surface area (TPSA) is 52.0 Å². The van der Waals surface area contributed by atoms with Crippen molar-refractivity contribution < 1.29 is 19.2 Å². The lowest BCUT2D eigenvalue weighted by atomic mass is 10.1. The lowest BCUT2D eigenvalue weighted by molar-refractivity contribution is -0.907. The molecule has 0 aliphatic carbocycles. The number of amides is 1. The van der Waals surface area contributed by atoms with Gasteiger partial charge in [-0.15, -0.1) is 0 Å². The van der Waals surface area contributed by atoms with Crippen molar-refractivity contribution in [1.82, 2.24) is 0 Å². The Morgan fingerprint density at radius 2 is 1.96 bits per heavy atom. The van der Waals surface area contributed by atoms with Gasteiger partial charge in [0.2, 0.25) is 6.79 Å². The Morgan fingerprint density at radius 1 is 1.20 bits per heavy atom. The van der Waals surface area contributed by atoms with Gasteiger partial charge in [-0.1, -0.05) is 23.2 Å². The second-order valence-corrected chi connectivity index (χ2v) is 6.89. The van der Waals surface area contributed by atoms with Gasteiger partial charge in [-0.3, -0.25) is 4.79 Å². The molecular weight excluding hydrogens is 363 g/mol. The molecule has 3 rings (SSSR count). The van der Waals surface area contributed by atoms with Crippen LogP contribution in [-0.4, -0.2) is 25.8 Å². The summed E-state index contributed by atoms with van der Waals surface area (Å²) in [4.78, 5) is 13.5. The lowest BCUT2D eigenvalue weighted by Gasteiger charge is -2.21. The van der Waals surface area contributed by atoms with Gasteiger partial charge in [-0.05, 0) is 43.3 Å². The molecule has 2 N–H and O–H groups in total. The van der Waals surface area contributed by atoms with Gasteiger partial charge in [0.15, 0.2) is 17.5 Å². The number of hydrogen-bond acceptors (Lipinski definition) is 3. The van der Waals surface area contributed by atoms with Gasteiger partial charge in [0.1, 0.15) is 6.54 Å². The van der Waals surface area contributed by atoms with Crippen LogP contribution in [0.1, 0.15) is 12.5 Å². The smallest absolute Gasteiger partial charge is 0.282 e. The molecular formula is C18H19Cl2N2O3+. The van der Waals surface area contributed by atoms with Crippen LogP contribution in [0.15, 0.2) is 36.4 Å². The summed E-state index contributed by atoms with van der Waals surface area (Å²) in [6.07, 6.45) is 0. The van der Waals surface area contributed by atoms with Crippen molar-refractivity contribution in [2.24, 2.45) is 0 Å². The van der Waals surface area contributed by atoms with E-state index in [9.17, 15) is 4.79 Å². The summed E-state index contributed by atoms with van der Waals surface area (Å²) in [5.41, 5.74) is 1.63. The highest BCUT2D eigenvalue weighted by Crippen LogP contribution is 2.32. The van der Waals surface area contributed by atoms with Crippen LogP contribution in [0.2, 0.25) is 10.0 Å². The Kier molecular flexibility index (Phi) is 5.37. The zero-order valence-corrected chi connectivity index (χ0v) is 15.4. The molecule has 1 aliphatic heterocycles. The Morgan fingerprint density at radius 3 is 2.72 bits per heavy atom. The van der Waals surface area contributed by atoms with Crippen molar-refractivity contribution in [2.75, 3.05) is 19.2 Å². The highest BCUT2D eigenvalue weighted by atomic mass is 35.5. The van der Waals surface area contributed by atoms with Crippen LogP contribution < -0.4 is 19.7 Å². The summed E-state index contributed by atoms with van der Waals surface area (Å²) in [5.74, 6) is 1.39. The van der Waals surface area contributed by atoms with Crippen LogP contribution in [-0.2, 0) is 11.3 Å². The maximum atomic E-state index is 12.5. The molecule has 0 spiro atoms. The number of fused-ring (bicyclic) bond motifs is 1. The Hall–Kier alpha value is -1.95. The molecule has 0 saturated heterocycles. The third-order valence-electron chi connectivity index (χ3n) is 4.24. The number of likely N-dealkylation sites (N-methyl/N-ethyl adjacent to an activating group) is 1. The number of rotatable bonds is 5. The highest BCUT2D eigenvalue weighted by Gasteiger charge is 2.23. The minimum absolute atomic E-state index is 0.109. The molecule has 2 atom stereocenters. The molecule has 0 aromatic heterocycles. The van der Waals surface area contributed by atoms with E-state index in [1.807, 2.05) is 32.2 Å². The summed E-state index contributed by atoms with van der Waals surface area (Å²) in [7, 11) is 1.97. The maximum absolute atomic E-state index is 12.5. The van der Waals surface area contributed by atoms with E-state index in [-0.39, 0.29) is 18.7 Å². The molecule has 0 saturated carbocycles. The molecule has 7 heteroatoms. The van der Waals surface area contributed by atoms with Crippen molar-refractivity contribution in [2.45, 2.75) is 19.5 Å². The standard InChI is InChI=1S/C18H18Cl2N2O3/c1-11(18(23)21-15-5-4-13(19)8-14(15)20)22(2)9-12-3-6-16-17(7-12)25-10-24-16/h3-8,11H,9-10H2,1-2H3,(H,21,23)/p+1/t11-/m1/s1. The van der Waals surface area contributed by atoms with Crippen molar-refractivity contribution in [1.29, 1.82) is 0 Å². The van der Waals surface area contributed by atoms with E-state index in [1.54, 1.807) is 18.2 Å². The lowest BCUT2D eigenvalue weighted by Crippen LogP contribution is -3.12. The molecule has 5 nitrogen and oxygen atoms in total. The van der Waals surface area contributed by atoms with E-state index >= 15 is 0 Å². The molecule has 1 aliphatic rings. The van der Waals surface area contributed by atoms with Crippen LogP contribution >= 0.6 is 23.2 Å². The number of hydrogen-bond donors (Lipinski definition) is 2. The minimum Gasteiger partial charge on any atom is -0.454 e. The number of halogens is 2. The van der Waals surface area contributed by atoms with Gasteiger partial charge in [0.05, 0.1) is 17.8 Å². The molecule has 2 aromatic rings. The SMILES string of the molecule is C[C@H](C(=O)Nc1ccc(Cl)cc1Cl)[NH+](C)Cc1ccc2c(c1)OCO2. The van der Waals surface area contributed by atoms with Gasteiger partial charge < -0.3 is 19.7 Å². The van der Waals surface area contributed by atoms with E-state index in [2.05, 4.69) is 5.32 Å². The van der Waals surface area contributed by atoms with E-state index in [4.69, 9.17) is 32.7 Å². The summed E-state index contributed by atoms with van der Waals surface area (Å²) in [6.45, 7) is 2.81. The number of nitrogens with one attached hydrogen (secondary N) is 2. The molecule has 0 fully saturated rings. The first-order valence-electron chi connectivity index (χ1n) is 7.91. The zero-order chi connectivity index (χ0) is 18.0. The number of quaternary nitrogens is 1. The largest absolute Gasteiger partial charge is 0.454 e. The average molecular weight is 382 g/mol. The molecule has 132 valence electrons. The van der Waals surface area contributed by atoms with Crippen molar-refractivity contribution in [3.8, 4) is 11.5 Å². The molecule has 0 bridgehead atoms. The van der Waals surface area contributed by atoms with Crippen LogP contribution in [0.25, 0.3) is 0 Å². The predicted octanol–water partition coefficient (Wildman–Crippen LogP) is 2.76. The molecule has 1 heterocycles. The first-order valence-corrected chi connectivity index (χ1v) is 8.66. The summed E-state index contributed by atoms with van der Waals surface area (Å²) >= 11 is 12.0. The summed E-state index contributed by atoms with van der Waals surface area (Å²) in [5, 5.41) is 3.80. The van der Waals surface area contributed by atoms with E-state index in [1.165, 1.54) is 0 Å². The van der Waals surface area contributed by atoms with Gasteiger partial charge >= 0.3 is 0 Å². The first kappa shape index (κ1) is 17.9. The number of benzene rings is 2. The highest BCUT2D eigenvalue weighted by molar-refractivity contribution is 6.36. The normalized spacial score (nSPS) is 14.9. The predicted molar refractivity (Wildman–Crippen MR) is 97.7 cm³/mol. The quantitative estimate of drug-likeness (QED) is 0.836. The zero-order valence-electron chi connectivity index (χ0n) is 13.9. The molecule has 2 aromatic carbocycles. The van der Waals surface area contributed by atoms with E-state index < -0.39 is 0 Å². The van der Waals surface area contributed by atoms with Crippen LogP contribution in [0.4, 0.5) is 5.69 Å². The fourth-order valence-electron chi connectivity index (χ4n) is 2.58. The van der Waals surface area contributed by atoms with Gasteiger partial charge in [-0.25, -0.2) is 0 Å². The number of anilines is 1. The fourth-order valence-corrected chi connectivity index (χ4v) is 3.04. The minimum atomic E-state index is -0.267. The second kappa shape index (κ2) is 7.52. The fraction of sp³-hybridized carbons (Fsp3) is 0.278. The van der Waals surface area contributed by atoms with Crippen LogP contribution in [0, 0.1) is 0 Å². The Balaban J connectivity index is 1.63. The molecule has 1 amide bonds. The Bertz CT molecular complexity index is 798. The third-order valence-corrected chi connectivity index (χ3v) is 4.79. The summed E-state index contributed by atoms with van der Waals surface area (Å²) < 4.78 is 10.7. The van der Waals surface area contributed by atoms with Gasteiger partial charge in [-0.2, -0.15) is 0 Å². The van der Waals surface area contributed by atoms with Gasteiger partial charge in [0.25, 0.3) is 5.91 Å². The second-order valence-electron chi connectivity index (χ2n) is 6.05. The van der Waals surface area contributed by atoms with Crippen molar-refractivity contribution in [3.05, 3.63) is 52.0 Å². The van der Waals surface area contributed by atoms with E-state index in [0.29, 0.717) is 22.3 Å². The average Bonchev–Trinajstić information content (AvgIpc) is 3.04. The maximum Gasteiger partial charge on any atom is 0.282 e. The number of carbonyl (C=O) groups is 1. The van der Waals surface area contributed by atoms with E-state index in [0.717, 1.165) is 22.0 Å². The van der Waals surface area contributed by atoms with Crippen LogP contribution in [0.5, 0.6) is 11.5 Å². The number of ether oxygens (including phenoxy) is 2. The van der Waals surface area contributed by atoms with Crippen molar-refractivity contribution in [3.63, 3.8) is 0 Å². The first-order chi connectivity index (χ1) is 11.9. The molecule has 0 radical (unpaired) electrons. The van der Waals surface area contributed by atoms with Gasteiger partial charge in [0, 0.05) is 10.6 Å². The molecule has 25 heavy (non-hydrogen) atoms. The Labute approximate surface area is 156 Å². The molecule has 1 unspecified atom stereocenters. The van der Waals surface area contributed by atoms with Crippen molar-refractivity contribution >= 4 is 34.8 Å².